The molecule has 9 nitrogen and oxygen atoms in total. The summed E-state index contributed by atoms with van der Waals surface area (Å²) >= 11 is 0. The van der Waals surface area contributed by atoms with Crippen molar-refractivity contribution in [1.29, 1.82) is 0 Å². The van der Waals surface area contributed by atoms with Crippen LogP contribution in [0, 0.1) is 0 Å². The second kappa shape index (κ2) is 7.62. The maximum atomic E-state index is 13.4. The zero-order chi connectivity index (χ0) is 21.8. The van der Waals surface area contributed by atoms with Crippen LogP contribution in [0.15, 0.2) is 10.6 Å². The van der Waals surface area contributed by atoms with Gasteiger partial charge in [0.2, 0.25) is 0 Å². The fraction of sp³-hybridized carbons (Fsp3) is 0.727. The van der Waals surface area contributed by atoms with Crippen LogP contribution in [0.1, 0.15) is 74.5 Å². The molecular weight excluding hydrogens is 398 g/mol. The molecule has 4 amide bonds. The summed E-state index contributed by atoms with van der Waals surface area (Å²) in [7, 11) is 0. The van der Waals surface area contributed by atoms with E-state index in [9.17, 15) is 14.4 Å². The number of nitrogens with one attached hydrogen (secondary N) is 1. The first-order valence-electron chi connectivity index (χ1n) is 11.5. The van der Waals surface area contributed by atoms with E-state index in [0.29, 0.717) is 50.0 Å². The van der Waals surface area contributed by atoms with Gasteiger partial charge in [-0.15, -0.1) is 0 Å². The molecule has 5 rings (SSSR count). The molecule has 4 heterocycles. The molecule has 0 aromatic carbocycles. The topological polar surface area (TPSA) is 99.0 Å². The van der Waals surface area contributed by atoms with Crippen LogP contribution < -0.4 is 5.32 Å². The Morgan fingerprint density at radius 1 is 1.19 bits per heavy atom. The predicted octanol–water partition coefficient (Wildman–Crippen LogP) is 1.95. The molecule has 31 heavy (non-hydrogen) atoms. The molecule has 0 unspecified atom stereocenters. The standard InChI is InChI=1S/C22H31N5O4/c1-14(2)25-10-7-22(8-11-25)20(29)27(21(30)23-22)16-4-3-9-26(13-16)19(28)17-12-18(31-24-17)15-5-6-15/h12,14-16H,3-11,13H2,1-2H3,(H,23,30)/t16-/m0/s1. The quantitative estimate of drug-likeness (QED) is 0.735. The monoisotopic (exact) mass is 429 g/mol. The molecule has 9 heteroatoms. The number of imide groups is 1. The molecule has 1 spiro atoms. The van der Waals surface area contributed by atoms with Crippen molar-refractivity contribution in [3.05, 3.63) is 17.5 Å². The highest BCUT2D eigenvalue weighted by Crippen LogP contribution is 2.40. The molecule has 0 radical (unpaired) electrons. The summed E-state index contributed by atoms with van der Waals surface area (Å²) in [6, 6.07) is 1.55. The Kier molecular flexibility index (Phi) is 5.03. The highest BCUT2D eigenvalue weighted by Gasteiger charge is 2.54. The summed E-state index contributed by atoms with van der Waals surface area (Å²) in [5, 5.41) is 6.97. The summed E-state index contributed by atoms with van der Waals surface area (Å²) in [6.45, 7) is 6.83. The van der Waals surface area contributed by atoms with Crippen LogP contribution in [0.2, 0.25) is 0 Å². The lowest BCUT2D eigenvalue weighted by Gasteiger charge is -2.40. The average molecular weight is 430 g/mol. The number of nitrogens with zero attached hydrogens (tertiary/aromatic N) is 4. The third-order valence-corrected chi connectivity index (χ3v) is 7.35. The van der Waals surface area contributed by atoms with Crippen molar-refractivity contribution in [2.24, 2.45) is 0 Å². The Morgan fingerprint density at radius 2 is 1.94 bits per heavy atom. The summed E-state index contributed by atoms with van der Waals surface area (Å²) in [6.07, 6.45) is 4.88. The Bertz CT molecular complexity index is 884. The van der Waals surface area contributed by atoms with Gasteiger partial charge in [0.05, 0.1) is 6.04 Å². The fourth-order valence-electron chi connectivity index (χ4n) is 5.20. The van der Waals surface area contributed by atoms with Crippen molar-refractivity contribution in [2.75, 3.05) is 26.2 Å². The number of hydrogen-bond donors (Lipinski definition) is 1. The van der Waals surface area contributed by atoms with Crippen molar-refractivity contribution in [1.82, 2.24) is 25.2 Å². The maximum absolute atomic E-state index is 13.4. The van der Waals surface area contributed by atoms with Gasteiger partial charge in [-0.25, -0.2) is 4.79 Å². The van der Waals surface area contributed by atoms with Crippen molar-refractivity contribution in [3.8, 4) is 0 Å². The maximum Gasteiger partial charge on any atom is 0.325 e. The minimum Gasteiger partial charge on any atom is -0.360 e. The van der Waals surface area contributed by atoms with Gasteiger partial charge >= 0.3 is 6.03 Å². The van der Waals surface area contributed by atoms with Crippen LogP contribution in [0.5, 0.6) is 0 Å². The van der Waals surface area contributed by atoms with Crippen molar-refractivity contribution < 1.29 is 18.9 Å². The van der Waals surface area contributed by atoms with Crippen LogP contribution in [-0.4, -0.2) is 81.5 Å². The third kappa shape index (κ3) is 3.62. The van der Waals surface area contributed by atoms with Crippen molar-refractivity contribution >= 4 is 17.8 Å². The Labute approximate surface area is 182 Å². The second-order valence-corrected chi connectivity index (χ2v) is 9.75. The Balaban J connectivity index is 1.27. The Morgan fingerprint density at radius 3 is 2.61 bits per heavy atom. The number of carbonyl (C=O) groups is 3. The number of rotatable bonds is 4. The van der Waals surface area contributed by atoms with Crippen molar-refractivity contribution in [2.45, 2.75) is 75.9 Å². The van der Waals surface area contributed by atoms with Crippen LogP contribution in [0.25, 0.3) is 0 Å². The number of carbonyl (C=O) groups excluding carboxylic acids is 3. The summed E-state index contributed by atoms with van der Waals surface area (Å²) in [4.78, 5) is 44.6. The van der Waals surface area contributed by atoms with E-state index in [1.807, 2.05) is 0 Å². The molecule has 1 aromatic rings. The summed E-state index contributed by atoms with van der Waals surface area (Å²) in [5.41, 5.74) is -0.475. The number of likely N-dealkylation sites (tertiary alicyclic amines) is 2. The number of piperidine rings is 2. The smallest absolute Gasteiger partial charge is 0.325 e. The van der Waals surface area contributed by atoms with Crippen LogP contribution in [0.4, 0.5) is 4.79 Å². The molecule has 1 saturated carbocycles. The van der Waals surface area contributed by atoms with Gasteiger partial charge in [0.15, 0.2) is 5.69 Å². The Hall–Kier alpha value is -2.42. The minimum atomic E-state index is -0.792. The first kappa shape index (κ1) is 20.5. The van der Waals surface area contributed by atoms with Gasteiger partial charge in [-0.1, -0.05) is 5.16 Å². The second-order valence-electron chi connectivity index (χ2n) is 9.75. The normalized spacial score (nSPS) is 26.7. The van der Waals surface area contributed by atoms with Gasteiger partial charge in [-0.05, 0) is 52.4 Å². The van der Waals surface area contributed by atoms with Crippen molar-refractivity contribution in [3.63, 3.8) is 0 Å². The van der Waals surface area contributed by atoms with Gasteiger partial charge in [0.25, 0.3) is 11.8 Å². The molecule has 1 atom stereocenters. The lowest BCUT2D eigenvalue weighted by molar-refractivity contribution is -0.135. The summed E-state index contributed by atoms with van der Waals surface area (Å²) in [5.74, 6) is 0.859. The molecule has 1 aliphatic carbocycles. The SMILES string of the molecule is CC(C)N1CCC2(CC1)NC(=O)N([C@H]1CCCN(C(=O)c3cc(C4CC4)on3)C1)C2=O. The van der Waals surface area contributed by atoms with E-state index in [1.54, 1.807) is 11.0 Å². The molecule has 168 valence electrons. The molecule has 3 aliphatic heterocycles. The molecule has 1 aromatic heterocycles. The van der Waals surface area contributed by atoms with Crippen LogP contribution in [0.3, 0.4) is 0 Å². The third-order valence-electron chi connectivity index (χ3n) is 7.35. The number of hydrogen-bond acceptors (Lipinski definition) is 6. The number of amides is 4. The summed E-state index contributed by atoms with van der Waals surface area (Å²) < 4.78 is 5.33. The predicted molar refractivity (Wildman–Crippen MR) is 111 cm³/mol. The lowest BCUT2D eigenvalue weighted by Crippen LogP contribution is -2.57. The molecule has 4 aliphatic rings. The van der Waals surface area contributed by atoms with Gasteiger partial charge in [-0.3, -0.25) is 14.5 Å². The minimum absolute atomic E-state index is 0.127. The molecule has 0 bridgehead atoms. The number of aromatic nitrogens is 1. The molecule has 3 saturated heterocycles. The van der Waals surface area contributed by atoms with Crippen LogP contribution in [-0.2, 0) is 4.79 Å². The molecular formula is C22H31N5O4. The molecule has 1 N–H and O–H groups in total. The van der Waals surface area contributed by atoms with Crippen LogP contribution >= 0.6 is 0 Å². The fourth-order valence-corrected chi connectivity index (χ4v) is 5.20. The molecule has 4 fully saturated rings. The zero-order valence-electron chi connectivity index (χ0n) is 18.3. The first-order valence-corrected chi connectivity index (χ1v) is 11.5. The largest absolute Gasteiger partial charge is 0.360 e. The van der Waals surface area contributed by atoms with E-state index in [-0.39, 0.29) is 23.9 Å². The first-order chi connectivity index (χ1) is 14.9. The average Bonchev–Trinajstić information content (AvgIpc) is 3.44. The van der Waals surface area contributed by atoms with E-state index < -0.39 is 5.54 Å². The highest BCUT2D eigenvalue weighted by molar-refractivity contribution is 6.07. The lowest BCUT2D eigenvalue weighted by atomic mass is 9.86. The van der Waals surface area contributed by atoms with Gasteiger partial charge in [0, 0.05) is 44.2 Å². The van der Waals surface area contributed by atoms with Gasteiger partial charge in [-0.2, -0.15) is 0 Å². The van der Waals surface area contributed by atoms with E-state index in [2.05, 4.69) is 29.2 Å². The van der Waals surface area contributed by atoms with E-state index in [1.165, 1.54) is 4.90 Å². The van der Waals surface area contributed by atoms with Gasteiger partial charge in [0.1, 0.15) is 11.3 Å². The van der Waals surface area contributed by atoms with E-state index in [4.69, 9.17) is 4.52 Å². The van der Waals surface area contributed by atoms with E-state index >= 15 is 0 Å². The van der Waals surface area contributed by atoms with Gasteiger partial charge < -0.3 is 19.6 Å². The number of urea groups is 1. The van der Waals surface area contributed by atoms with E-state index in [0.717, 1.165) is 38.1 Å². The zero-order valence-corrected chi connectivity index (χ0v) is 18.3. The highest BCUT2D eigenvalue weighted by atomic mass is 16.5.